The molecule has 1 rings (SSSR count). The Morgan fingerprint density at radius 1 is 1.47 bits per heavy atom. The number of carbonyl (C=O) groups excluding carboxylic acids is 1. The molecule has 84 valence electrons. The van der Waals surface area contributed by atoms with E-state index < -0.39 is 0 Å². The van der Waals surface area contributed by atoms with Gasteiger partial charge in [-0.05, 0) is 44.8 Å². The van der Waals surface area contributed by atoms with E-state index in [0.717, 1.165) is 32.4 Å². The van der Waals surface area contributed by atoms with E-state index in [1.54, 1.807) is 18.3 Å². The number of thiophene rings is 1. The van der Waals surface area contributed by atoms with Crippen molar-refractivity contribution >= 4 is 17.1 Å². The van der Waals surface area contributed by atoms with Gasteiger partial charge in [0.15, 0.2) is 0 Å². The monoisotopic (exact) mass is 225 g/mol. The molecule has 1 aromatic rings. The van der Waals surface area contributed by atoms with E-state index in [9.17, 15) is 4.79 Å². The lowest BCUT2D eigenvalue weighted by Gasteiger charge is -2.14. The Hall–Kier alpha value is -0.670. The first-order chi connectivity index (χ1) is 7.18. The topological polar surface area (TPSA) is 20.3 Å². The number of hydrogen-bond acceptors (Lipinski definition) is 3. The summed E-state index contributed by atoms with van der Waals surface area (Å²) in [6.45, 7) is 3.76. The van der Waals surface area contributed by atoms with Crippen molar-refractivity contribution in [3.63, 3.8) is 0 Å². The third kappa shape index (κ3) is 5.70. The molecule has 0 N–H and O–H groups in total. The van der Waals surface area contributed by atoms with Crippen LogP contribution >= 0.6 is 11.3 Å². The summed E-state index contributed by atoms with van der Waals surface area (Å²) < 4.78 is 0. The summed E-state index contributed by atoms with van der Waals surface area (Å²) in [7, 11) is 2.13. The molecule has 0 unspecified atom stereocenters. The van der Waals surface area contributed by atoms with Gasteiger partial charge in [0.1, 0.15) is 5.78 Å². The highest BCUT2D eigenvalue weighted by atomic mass is 32.1. The highest BCUT2D eigenvalue weighted by Gasteiger charge is 2.01. The second-order valence-electron chi connectivity index (χ2n) is 3.98. The summed E-state index contributed by atoms with van der Waals surface area (Å²) in [5, 5.41) is 2.11. The molecule has 3 heteroatoms. The number of Topliss-reactive ketones (excluding diaryl/α,β-unsaturated/α-hetero) is 1. The Morgan fingerprint density at radius 2 is 2.27 bits per heavy atom. The van der Waals surface area contributed by atoms with Crippen LogP contribution < -0.4 is 0 Å². The van der Waals surface area contributed by atoms with Crippen LogP contribution in [-0.4, -0.2) is 24.3 Å². The molecular weight excluding hydrogens is 206 g/mol. The second-order valence-corrected chi connectivity index (χ2v) is 5.01. The van der Waals surface area contributed by atoms with E-state index in [4.69, 9.17) is 0 Å². The van der Waals surface area contributed by atoms with Crippen LogP contribution in [0.3, 0.4) is 0 Å². The maximum atomic E-state index is 10.7. The van der Waals surface area contributed by atoms with E-state index in [0.29, 0.717) is 5.78 Å². The summed E-state index contributed by atoms with van der Waals surface area (Å²) in [4.78, 5) is 14.5. The van der Waals surface area contributed by atoms with E-state index >= 15 is 0 Å². The zero-order valence-electron chi connectivity index (χ0n) is 9.53. The molecule has 0 amide bonds. The summed E-state index contributed by atoms with van der Waals surface area (Å²) in [6.07, 6.45) is 2.86. The minimum absolute atomic E-state index is 0.302. The smallest absolute Gasteiger partial charge is 0.129 e. The minimum atomic E-state index is 0.302. The Labute approximate surface area is 95.9 Å². The molecule has 2 nitrogen and oxygen atoms in total. The Kier molecular flexibility index (Phi) is 5.58. The van der Waals surface area contributed by atoms with Crippen molar-refractivity contribution in [3.8, 4) is 0 Å². The first-order valence-electron chi connectivity index (χ1n) is 5.39. The molecule has 1 aromatic heterocycles. The van der Waals surface area contributed by atoms with Crippen LogP contribution in [0.1, 0.15) is 31.1 Å². The van der Waals surface area contributed by atoms with Gasteiger partial charge in [-0.1, -0.05) is 6.07 Å². The maximum absolute atomic E-state index is 10.7. The highest BCUT2D eigenvalue weighted by molar-refractivity contribution is 7.09. The van der Waals surface area contributed by atoms with E-state index in [1.807, 2.05) is 0 Å². The number of hydrogen-bond donors (Lipinski definition) is 0. The number of rotatable bonds is 7. The molecule has 0 aliphatic heterocycles. The van der Waals surface area contributed by atoms with Crippen molar-refractivity contribution in [1.82, 2.24) is 4.90 Å². The fourth-order valence-electron chi connectivity index (χ4n) is 1.50. The normalized spacial score (nSPS) is 10.9. The summed E-state index contributed by atoms with van der Waals surface area (Å²) in [5.41, 5.74) is 0. The van der Waals surface area contributed by atoms with Crippen molar-refractivity contribution in [2.45, 2.75) is 32.7 Å². The molecule has 0 atom stereocenters. The van der Waals surface area contributed by atoms with Gasteiger partial charge in [0.05, 0.1) is 0 Å². The van der Waals surface area contributed by atoms with Gasteiger partial charge < -0.3 is 9.69 Å². The molecule has 0 radical (unpaired) electrons. The zero-order chi connectivity index (χ0) is 11.1. The van der Waals surface area contributed by atoms with Crippen LogP contribution in [-0.2, 0) is 11.3 Å². The molecule has 0 fully saturated rings. The summed E-state index contributed by atoms with van der Waals surface area (Å²) >= 11 is 1.80. The van der Waals surface area contributed by atoms with Crippen LogP contribution in [0.15, 0.2) is 17.5 Å². The van der Waals surface area contributed by atoms with Gasteiger partial charge in [0, 0.05) is 17.8 Å². The molecule has 0 aliphatic rings. The first kappa shape index (κ1) is 12.4. The first-order valence-corrected chi connectivity index (χ1v) is 6.27. The van der Waals surface area contributed by atoms with E-state index in [2.05, 4.69) is 29.5 Å². The molecule has 0 saturated heterocycles. The SMILES string of the molecule is CC(=O)CCCCN(C)Cc1cccs1. The number of nitrogens with zero attached hydrogens (tertiary/aromatic N) is 1. The predicted molar refractivity (Wildman–Crippen MR) is 65.2 cm³/mol. The van der Waals surface area contributed by atoms with Crippen molar-refractivity contribution in [1.29, 1.82) is 0 Å². The third-order valence-electron chi connectivity index (χ3n) is 2.32. The molecular formula is C12H19NOS. The van der Waals surface area contributed by atoms with Crippen molar-refractivity contribution in [2.24, 2.45) is 0 Å². The van der Waals surface area contributed by atoms with Gasteiger partial charge in [-0.2, -0.15) is 0 Å². The quantitative estimate of drug-likeness (QED) is 0.665. The molecule has 1 heterocycles. The van der Waals surface area contributed by atoms with Crippen LogP contribution in [0.25, 0.3) is 0 Å². The van der Waals surface area contributed by atoms with Gasteiger partial charge in [0.2, 0.25) is 0 Å². The van der Waals surface area contributed by atoms with Gasteiger partial charge >= 0.3 is 0 Å². The number of carbonyl (C=O) groups is 1. The zero-order valence-corrected chi connectivity index (χ0v) is 10.3. The summed E-state index contributed by atoms with van der Waals surface area (Å²) in [6, 6.07) is 4.25. The fraction of sp³-hybridized carbons (Fsp3) is 0.583. The van der Waals surface area contributed by atoms with Crippen molar-refractivity contribution in [2.75, 3.05) is 13.6 Å². The number of unbranched alkanes of at least 4 members (excludes halogenated alkanes) is 1. The van der Waals surface area contributed by atoms with Gasteiger partial charge in [-0.3, -0.25) is 0 Å². The van der Waals surface area contributed by atoms with Crippen LogP contribution in [0, 0.1) is 0 Å². The molecule has 0 aromatic carbocycles. The third-order valence-corrected chi connectivity index (χ3v) is 3.19. The molecule has 0 aliphatic carbocycles. The summed E-state index contributed by atoms with van der Waals surface area (Å²) in [5.74, 6) is 0.302. The second kappa shape index (κ2) is 6.75. The number of ketones is 1. The molecule has 0 bridgehead atoms. The lowest BCUT2D eigenvalue weighted by Crippen LogP contribution is -2.18. The molecule has 15 heavy (non-hydrogen) atoms. The maximum Gasteiger partial charge on any atom is 0.129 e. The Bertz CT molecular complexity index is 282. The molecule has 0 saturated carbocycles. The van der Waals surface area contributed by atoms with Crippen molar-refractivity contribution in [3.05, 3.63) is 22.4 Å². The average molecular weight is 225 g/mol. The lowest BCUT2D eigenvalue weighted by atomic mass is 10.2. The lowest BCUT2D eigenvalue weighted by molar-refractivity contribution is -0.117. The average Bonchev–Trinajstić information content (AvgIpc) is 2.64. The van der Waals surface area contributed by atoms with E-state index in [1.165, 1.54) is 4.88 Å². The predicted octanol–water partition coefficient (Wildman–Crippen LogP) is 2.94. The highest BCUT2D eigenvalue weighted by Crippen LogP contribution is 2.11. The standard InChI is InChI=1S/C12H19NOS/c1-11(14)6-3-4-8-13(2)10-12-7-5-9-15-12/h5,7,9H,3-4,6,8,10H2,1-2H3. The van der Waals surface area contributed by atoms with Gasteiger partial charge in [-0.15, -0.1) is 11.3 Å². The Morgan fingerprint density at radius 3 is 2.87 bits per heavy atom. The van der Waals surface area contributed by atoms with Gasteiger partial charge in [-0.25, -0.2) is 0 Å². The fourth-order valence-corrected chi connectivity index (χ4v) is 2.29. The Balaban J connectivity index is 2.08. The van der Waals surface area contributed by atoms with Crippen molar-refractivity contribution < 1.29 is 4.79 Å². The van der Waals surface area contributed by atoms with Gasteiger partial charge in [0.25, 0.3) is 0 Å². The molecule has 0 spiro atoms. The van der Waals surface area contributed by atoms with Crippen LogP contribution in [0.5, 0.6) is 0 Å². The van der Waals surface area contributed by atoms with Crippen LogP contribution in [0.2, 0.25) is 0 Å². The largest absolute Gasteiger partial charge is 0.301 e. The van der Waals surface area contributed by atoms with Crippen LogP contribution in [0.4, 0.5) is 0 Å². The van der Waals surface area contributed by atoms with E-state index in [-0.39, 0.29) is 0 Å². The minimum Gasteiger partial charge on any atom is -0.301 e.